The number of aromatic nitrogens is 2. The van der Waals surface area contributed by atoms with E-state index in [1.807, 2.05) is 74.5 Å². The van der Waals surface area contributed by atoms with Crippen LogP contribution < -0.4 is 9.47 Å². The van der Waals surface area contributed by atoms with Crippen molar-refractivity contribution in [2.75, 3.05) is 19.7 Å². The average molecular weight is 429 g/mol. The molecule has 0 bridgehead atoms. The minimum atomic E-state index is -0.261. The molecule has 0 saturated heterocycles. The van der Waals surface area contributed by atoms with Crippen molar-refractivity contribution in [3.8, 4) is 22.8 Å². The molecule has 1 unspecified atom stereocenters. The van der Waals surface area contributed by atoms with Crippen molar-refractivity contribution >= 4 is 17.0 Å². The van der Waals surface area contributed by atoms with Gasteiger partial charge in [0.1, 0.15) is 6.61 Å². The van der Waals surface area contributed by atoms with Crippen molar-refractivity contribution in [2.24, 2.45) is 0 Å². The lowest BCUT2D eigenvalue weighted by molar-refractivity contribution is 0.0476. The van der Waals surface area contributed by atoms with Crippen LogP contribution in [0.2, 0.25) is 0 Å². The second-order valence-electron chi connectivity index (χ2n) is 7.71. The van der Waals surface area contributed by atoms with E-state index in [9.17, 15) is 4.79 Å². The molecule has 2 aromatic carbocycles. The Hall–Kier alpha value is -3.87. The molecule has 2 aromatic heterocycles. The Morgan fingerprint density at radius 1 is 1.09 bits per heavy atom. The first kappa shape index (κ1) is 20.1. The van der Waals surface area contributed by atoms with Crippen molar-refractivity contribution in [3.63, 3.8) is 0 Å². The summed E-state index contributed by atoms with van der Waals surface area (Å²) < 4.78 is 17.3. The summed E-state index contributed by atoms with van der Waals surface area (Å²) in [4.78, 5) is 20.0. The molecule has 32 heavy (non-hydrogen) atoms. The fourth-order valence-electron chi connectivity index (χ4n) is 3.95. The lowest BCUT2D eigenvalue weighted by atomic mass is 10.0. The summed E-state index contributed by atoms with van der Waals surface area (Å²) in [7, 11) is 0. The van der Waals surface area contributed by atoms with Crippen LogP contribution in [0.25, 0.3) is 22.4 Å². The maximum atomic E-state index is 13.7. The number of fused-ring (bicyclic) bond motifs is 2. The van der Waals surface area contributed by atoms with E-state index in [0.717, 1.165) is 11.3 Å². The zero-order valence-electron chi connectivity index (χ0n) is 17.9. The van der Waals surface area contributed by atoms with Crippen molar-refractivity contribution in [1.29, 1.82) is 0 Å². The summed E-state index contributed by atoms with van der Waals surface area (Å²) in [5, 5.41) is 4.68. The maximum absolute atomic E-state index is 13.7. The fraction of sp³-hybridized carbons (Fsp3) is 0.240. The van der Waals surface area contributed by atoms with Gasteiger partial charge in [-0.25, -0.2) is 4.98 Å². The highest BCUT2D eigenvalue weighted by Gasteiger charge is 2.28. The molecule has 162 valence electrons. The van der Waals surface area contributed by atoms with Gasteiger partial charge in [-0.2, -0.15) is 0 Å². The minimum absolute atomic E-state index is 0.120. The Bertz CT molecular complexity index is 1270. The van der Waals surface area contributed by atoms with E-state index in [0.29, 0.717) is 53.5 Å². The number of nitrogens with zero attached hydrogens (tertiary/aromatic N) is 3. The van der Waals surface area contributed by atoms with E-state index < -0.39 is 0 Å². The minimum Gasteiger partial charge on any atom is -0.486 e. The molecule has 1 atom stereocenters. The van der Waals surface area contributed by atoms with E-state index in [2.05, 4.69) is 10.1 Å². The van der Waals surface area contributed by atoms with Crippen LogP contribution in [0.3, 0.4) is 0 Å². The SMILES string of the molecule is CCN(CC1COc2ccccc2O1)C(=O)c1cc(-c2ccccc2)nc2onc(C)c12. The molecule has 0 radical (unpaired) electrons. The smallest absolute Gasteiger partial charge is 0.259 e. The third-order valence-corrected chi connectivity index (χ3v) is 5.58. The molecule has 0 spiro atoms. The number of para-hydroxylation sites is 2. The van der Waals surface area contributed by atoms with E-state index in [4.69, 9.17) is 14.0 Å². The quantitative estimate of drug-likeness (QED) is 0.465. The number of hydrogen-bond donors (Lipinski definition) is 0. The number of pyridine rings is 1. The molecular formula is C25H23N3O4. The molecule has 1 aliphatic rings. The molecule has 0 aliphatic carbocycles. The van der Waals surface area contributed by atoms with Crippen molar-refractivity contribution in [3.05, 3.63) is 71.9 Å². The molecule has 0 N–H and O–H groups in total. The second-order valence-corrected chi connectivity index (χ2v) is 7.71. The lowest BCUT2D eigenvalue weighted by Gasteiger charge is -2.31. The van der Waals surface area contributed by atoms with E-state index in [1.165, 1.54) is 0 Å². The Balaban J connectivity index is 1.47. The lowest BCUT2D eigenvalue weighted by Crippen LogP contribution is -2.43. The summed E-state index contributed by atoms with van der Waals surface area (Å²) in [5.74, 6) is 1.30. The van der Waals surface area contributed by atoms with Gasteiger partial charge in [-0.05, 0) is 32.0 Å². The van der Waals surface area contributed by atoms with Gasteiger partial charge in [0.25, 0.3) is 11.6 Å². The highest BCUT2D eigenvalue weighted by atomic mass is 16.6. The molecule has 1 aliphatic heterocycles. The molecule has 5 rings (SSSR count). The molecular weight excluding hydrogens is 406 g/mol. The molecule has 0 saturated carbocycles. The number of likely N-dealkylation sites (N-methyl/N-ethyl adjacent to an activating group) is 1. The first-order valence-corrected chi connectivity index (χ1v) is 10.6. The van der Waals surface area contributed by atoms with Crippen molar-refractivity contribution < 1.29 is 18.8 Å². The summed E-state index contributed by atoms with van der Waals surface area (Å²) in [6.45, 7) is 5.08. The molecule has 7 nitrogen and oxygen atoms in total. The Morgan fingerprint density at radius 3 is 2.62 bits per heavy atom. The molecule has 7 heteroatoms. The standard InChI is InChI=1S/C25H23N3O4/c1-3-28(14-18-15-30-21-11-7-8-12-22(21)31-18)25(29)19-13-20(17-9-5-4-6-10-17)26-24-23(19)16(2)27-32-24/h4-13,18H,3,14-15H2,1-2H3. The zero-order chi connectivity index (χ0) is 22.1. The van der Waals surface area contributed by atoms with Gasteiger partial charge in [-0.15, -0.1) is 0 Å². The van der Waals surface area contributed by atoms with Crippen molar-refractivity contribution in [2.45, 2.75) is 20.0 Å². The van der Waals surface area contributed by atoms with Crippen LogP contribution in [0.5, 0.6) is 11.5 Å². The summed E-state index contributed by atoms with van der Waals surface area (Å²) in [6, 6.07) is 19.1. The second kappa shape index (κ2) is 8.34. The average Bonchev–Trinajstić information content (AvgIpc) is 3.22. The van der Waals surface area contributed by atoms with Gasteiger partial charge in [-0.3, -0.25) is 4.79 Å². The van der Waals surface area contributed by atoms with Gasteiger partial charge >= 0.3 is 0 Å². The van der Waals surface area contributed by atoms with Crippen molar-refractivity contribution in [1.82, 2.24) is 15.0 Å². The van der Waals surface area contributed by atoms with Gasteiger partial charge in [0.15, 0.2) is 17.6 Å². The van der Waals surface area contributed by atoms with E-state index in [-0.39, 0.29) is 12.0 Å². The van der Waals surface area contributed by atoms with E-state index >= 15 is 0 Å². The molecule has 3 heterocycles. The number of rotatable bonds is 5. The molecule has 4 aromatic rings. The first-order valence-electron chi connectivity index (χ1n) is 10.6. The molecule has 0 fully saturated rings. The van der Waals surface area contributed by atoms with Crippen LogP contribution in [-0.4, -0.2) is 46.7 Å². The number of aryl methyl sites for hydroxylation is 1. The van der Waals surface area contributed by atoms with Gasteiger partial charge in [0.2, 0.25) is 0 Å². The van der Waals surface area contributed by atoms with Crippen LogP contribution in [0.4, 0.5) is 0 Å². The molecule has 1 amide bonds. The fourth-order valence-corrected chi connectivity index (χ4v) is 3.95. The number of carbonyl (C=O) groups is 1. The summed E-state index contributed by atoms with van der Waals surface area (Å²) in [5.41, 5.74) is 3.08. The van der Waals surface area contributed by atoms with Gasteiger partial charge in [0, 0.05) is 12.1 Å². The Morgan fingerprint density at radius 2 is 1.84 bits per heavy atom. The van der Waals surface area contributed by atoms with Gasteiger partial charge in [0.05, 0.1) is 28.9 Å². The Kier molecular flexibility index (Phi) is 5.23. The number of carbonyl (C=O) groups excluding carboxylic acids is 1. The normalized spacial score (nSPS) is 15.0. The van der Waals surface area contributed by atoms with Gasteiger partial charge < -0.3 is 18.9 Å². The van der Waals surface area contributed by atoms with Crippen LogP contribution in [0.1, 0.15) is 23.0 Å². The predicted octanol–water partition coefficient (Wildman–Crippen LogP) is 4.50. The Labute approximate surface area is 185 Å². The summed E-state index contributed by atoms with van der Waals surface area (Å²) in [6.07, 6.45) is -0.261. The first-order chi connectivity index (χ1) is 15.6. The largest absolute Gasteiger partial charge is 0.486 e. The van der Waals surface area contributed by atoms with Crippen LogP contribution in [0, 0.1) is 6.92 Å². The monoisotopic (exact) mass is 429 g/mol. The number of ether oxygens (including phenoxy) is 2. The van der Waals surface area contributed by atoms with Gasteiger partial charge in [-0.1, -0.05) is 47.6 Å². The topological polar surface area (TPSA) is 77.7 Å². The van der Waals surface area contributed by atoms with Crippen LogP contribution in [0.15, 0.2) is 65.2 Å². The highest BCUT2D eigenvalue weighted by Crippen LogP contribution is 2.32. The summed E-state index contributed by atoms with van der Waals surface area (Å²) >= 11 is 0. The number of amides is 1. The maximum Gasteiger partial charge on any atom is 0.259 e. The number of hydrogen-bond acceptors (Lipinski definition) is 6. The third-order valence-electron chi connectivity index (χ3n) is 5.58. The predicted molar refractivity (Wildman–Crippen MR) is 120 cm³/mol. The van der Waals surface area contributed by atoms with Crippen LogP contribution >= 0.6 is 0 Å². The zero-order valence-corrected chi connectivity index (χ0v) is 17.9. The highest BCUT2D eigenvalue weighted by molar-refractivity contribution is 6.07. The third kappa shape index (κ3) is 3.66. The number of benzene rings is 2. The van der Waals surface area contributed by atoms with E-state index in [1.54, 1.807) is 4.90 Å². The van der Waals surface area contributed by atoms with Crippen LogP contribution in [-0.2, 0) is 0 Å².